The van der Waals surface area contributed by atoms with Crippen molar-refractivity contribution in [3.8, 4) is 0 Å². The number of rotatable bonds is 6. The van der Waals surface area contributed by atoms with Crippen LogP contribution in [0.5, 0.6) is 0 Å². The third-order valence-corrected chi connectivity index (χ3v) is 4.34. The van der Waals surface area contributed by atoms with Crippen molar-refractivity contribution in [3.05, 3.63) is 29.6 Å². The molecule has 1 aromatic rings. The lowest BCUT2D eigenvalue weighted by Crippen LogP contribution is -2.41. The van der Waals surface area contributed by atoms with Gasteiger partial charge in [0.25, 0.3) is 0 Å². The summed E-state index contributed by atoms with van der Waals surface area (Å²) >= 11 is 0. The van der Waals surface area contributed by atoms with Gasteiger partial charge in [-0.05, 0) is 51.4 Å². The second-order valence-corrected chi connectivity index (χ2v) is 7.44. The number of benzene rings is 1. The first-order valence-electron chi connectivity index (χ1n) is 6.69. The van der Waals surface area contributed by atoms with Crippen LogP contribution in [-0.4, -0.2) is 20.5 Å². The Kier molecular flexibility index (Phi) is 5.68. The fraction of sp³-hybridized carbons (Fsp3) is 0.571. The minimum absolute atomic E-state index is 0.00368. The van der Waals surface area contributed by atoms with Gasteiger partial charge in [0.15, 0.2) is 0 Å². The highest BCUT2D eigenvalue weighted by atomic mass is 32.2. The van der Waals surface area contributed by atoms with Crippen LogP contribution in [0.15, 0.2) is 23.1 Å². The summed E-state index contributed by atoms with van der Waals surface area (Å²) in [5.74, 6) is -0.557. The predicted molar refractivity (Wildman–Crippen MR) is 78.5 cm³/mol. The highest BCUT2D eigenvalue weighted by Crippen LogP contribution is 2.19. The summed E-state index contributed by atoms with van der Waals surface area (Å²) in [4.78, 5) is -0.00368. The van der Waals surface area contributed by atoms with Crippen LogP contribution in [0.25, 0.3) is 0 Å². The quantitative estimate of drug-likeness (QED) is 0.793. The summed E-state index contributed by atoms with van der Waals surface area (Å²) in [5, 5.41) is 3.13. The summed E-state index contributed by atoms with van der Waals surface area (Å²) < 4.78 is 40.6. The molecule has 0 aliphatic carbocycles. The zero-order chi connectivity index (χ0) is 15.4. The van der Waals surface area contributed by atoms with Gasteiger partial charge in [0.2, 0.25) is 10.0 Å². The van der Waals surface area contributed by atoms with Crippen LogP contribution < -0.4 is 10.0 Å². The second kappa shape index (κ2) is 6.65. The Balaban J connectivity index is 3.11. The highest BCUT2D eigenvalue weighted by Gasteiger charge is 2.24. The molecule has 4 nitrogen and oxygen atoms in total. The van der Waals surface area contributed by atoms with Crippen LogP contribution in [0.4, 0.5) is 4.39 Å². The summed E-state index contributed by atoms with van der Waals surface area (Å²) in [5.41, 5.74) is -0.0455. The van der Waals surface area contributed by atoms with Crippen LogP contribution in [0.3, 0.4) is 0 Å². The largest absolute Gasteiger partial charge is 0.313 e. The summed E-state index contributed by atoms with van der Waals surface area (Å²) in [6, 6.07) is 3.85. The van der Waals surface area contributed by atoms with Crippen LogP contribution in [0, 0.1) is 5.82 Å². The molecular weight excluding hydrogens is 279 g/mol. The van der Waals surface area contributed by atoms with Gasteiger partial charge in [-0.1, -0.05) is 13.0 Å². The Labute approximate surface area is 120 Å². The summed E-state index contributed by atoms with van der Waals surface area (Å²) in [6.45, 7) is 8.45. The van der Waals surface area contributed by atoms with Gasteiger partial charge in [-0.25, -0.2) is 17.5 Å². The Morgan fingerprint density at radius 2 is 1.90 bits per heavy atom. The van der Waals surface area contributed by atoms with Crippen molar-refractivity contribution in [2.45, 2.75) is 51.1 Å². The minimum atomic E-state index is -3.74. The van der Waals surface area contributed by atoms with E-state index in [1.54, 1.807) is 20.8 Å². The van der Waals surface area contributed by atoms with E-state index in [1.165, 1.54) is 12.1 Å². The number of nitrogens with one attached hydrogen (secondary N) is 2. The van der Waals surface area contributed by atoms with Crippen molar-refractivity contribution < 1.29 is 12.8 Å². The monoisotopic (exact) mass is 302 g/mol. The topological polar surface area (TPSA) is 58.2 Å². The second-order valence-electron chi connectivity index (χ2n) is 5.78. The number of sulfonamides is 1. The number of hydrogen-bond acceptors (Lipinski definition) is 3. The van der Waals surface area contributed by atoms with Gasteiger partial charge in [0.05, 0.1) is 4.90 Å². The van der Waals surface area contributed by atoms with Gasteiger partial charge in [0, 0.05) is 12.1 Å². The first-order chi connectivity index (χ1) is 9.15. The van der Waals surface area contributed by atoms with Gasteiger partial charge in [-0.3, -0.25) is 0 Å². The van der Waals surface area contributed by atoms with Gasteiger partial charge in [-0.15, -0.1) is 0 Å². The molecule has 0 bridgehead atoms. The molecule has 1 aromatic carbocycles. The average molecular weight is 302 g/mol. The third kappa shape index (κ3) is 5.19. The molecule has 0 unspecified atom stereocenters. The maximum Gasteiger partial charge on any atom is 0.241 e. The lowest BCUT2D eigenvalue weighted by molar-refractivity contribution is 0.489. The van der Waals surface area contributed by atoms with E-state index in [0.29, 0.717) is 12.1 Å². The lowest BCUT2D eigenvalue weighted by Gasteiger charge is -2.21. The van der Waals surface area contributed by atoms with Crippen LogP contribution in [0.2, 0.25) is 0 Å². The fourth-order valence-corrected chi connectivity index (χ4v) is 3.45. The SMILES string of the molecule is CCCNCc1ccc(F)cc1S(=O)(=O)NC(C)(C)C. The summed E-state index contributed by atoms with van der Waals surface area (Å²) in [6.07, 6.45) is 0.948. The Hall–Kier alpha value is -0.980. The minimum Gasteiger partial charge on any atom is -0.313 e. The molecule has 0 spiro atoms. The molecule has 2 N–H and O–H groups in total. The molecule has 0 amide bonds. The smallest absolute Gasteiger partial charge is 0.241 e. The predicted octanol–water partition coefficient (Wildman–Crippen LogP) is 2.40. The molecule has 6 heteroatoms. The first-order valence-corrected chi connectivity index (χ1v) is 8.17. The molecule has 20 heavy (non-hydrogen) atoms. The highest BCUT2D eigenvalue weighted by molar-refractivity contribution is 7.89. The Morgan fingerprint density at radius 3 is 2.45 bits per heavy atom. The standard InChI is InChI=1S/C14H23FN2O2S/c1-5-8-16-10-11-6-7-12(15)9-13(11)20(18,19)17-14(2,3)4/h6-7,9,16-17H,5,8,10H2,1-4H3. The van der Waals surface area contributed by atoms with Crippen molar-refractivity contribution in [1.29, 1.82) is 0 Å². The maximum absolute atomic E-state index is 13.4. The van der Waals surface area contributed by atoms with Crippen LogP contribution >= 0.6 is 0 Å². The van der Waals surface area contributed by atoms with Crippen LogP contribution in [-0.2, 0) is 16.6 Å². The van der Waals surface area contributed by atoms with E-state index < -0.39 is 21.4 Å². The molecule has 0 saturated heterocycles. The van der Waals surface area contributed by atoms with Crippen LogP contribution in [0.1, 0.15) is 39.7 Å². The zero-order valence-electron chi connectivity index (χ0n) is 12.5. The molecule has 0 fully saturated rings. The van der Waals surface area contributed by atoms with Crippen molar-refractivity contribution >= 4 is 10.0 Å². The normalized spacial score (nSPS) is 12.7. The van der Waals surface area contributed by atoms with E-state index in [9.17, 15) is 12.8 Å². The number of halogens is 1. The first kappa shape index (κ1) is 17.1. The van der Waals surface area contributed by atoms with Crippen molar-refractivity contribution in [2.24, 2.45) is 0 Å². The third-order valence-electron chi connectivity index (χ3n) is 2.50. The van der Waals surface area contributed by atoms with E-state index in [1.807, 2.05) is 6.92 Å². The van der Waals surface area contributed by atoms with E-state index in [-0.39, 0.29) is 4.90 Å². The van der Waals surface area contributed by atoms with E-state index in [0.717, 1.165) is 19.0 Å². The zero-order valence-corrected chi connectivity index (χ0v) is 13.3. The fourth-order valence-electron chi connectivity index (χ4n) is 1.78. The number of hydrogen-bond donors (Lipinski definition) is 2. The molecule has 0 aliphatic heterocycles. The molecular formula is C14H23FN2O2S. The molecule has 0 saturated carbocycles. The molecule has 1 rings (SSSR count). The van der Waals surface area contributed by atoms with Crippen molar-refractivity contribution in [1.82, 2.24) is 10.0 Å². The molecule has 0 heterocycles. The Bertz CT molecular complexity index is 551. The molecule has 0 aliphatic rings. The van der Waals surface area contributed by atoms with Gasteiger partial charge in [-0.2, -0.15) is 0 Å². The van der Waals surface area contributed by atoms with Gasteiger partial charge < -0.3 is 5.32 Å². The van der Waals surface area contributed by atoms with Crippen molar-refractivity contribution in [3.63, 3.8) is 0 Å². The van der Waals surface area contributed by atoms with Gasteiger partial charge in [0.1, 0.15) is 5.82 Å². The van der Waals surface area contributed by atoms with Crippen molar-refractivity contribution in [2.75, 3.05) is 6.54 Å². The summed E-state index contributed by atoms with van der Waals surface area (Å²) in [7, 11) is -3.74. The van der Waals surface area contributed by atoms with E-state index in [2.05, 4.69) is 10.0 Å². The maximum atomic E-state index is 13.4. The van der Waals surface area contributed by atoms with E-state index in [4.69, 9.17) is 0 Å². The average Bonchev–Trinajstić information content (AvgIpc) is 2.28. The van der Waals surface area contributed by atoms with E-state index >= 15 is 0 Å². The Morgan fingerprint density at radius 1 is 1.25 bits per heavy atom. The van der Waals surface area contributed by atoms with Gasteiger partial charge >= 0.3 is 0 Å². The molecule has 0 aromatic heterocycles. The molecule has 0 atom stereocenters. The molecule has 114 valence electrons. The lowest BCUT2D eigenvalue weighted by atomic mass is 10.1. The molecule has 0 radical (unpaired) electrons.